The number of nitrogens with zero attached hydrogens (tertiary/aromatic N) is 3. The van der Waals surface area contributed by atoms with Crippen LogP contribution in [0.3, 0.4) is 0 Å². The van der Waals surface area contributed by atoms with Gasteiger partial charge in [0.05, 0.1) is 5.69 Å². The molecule has 1 amide bonds. The van der Waals surface area contributed by atoms with E-state index in [0.29, 0.717) is 15.7 Å². The normalized spacial score (nSPS) is 10.7. The van der Waals surface area contributed by atoms with Gasteiger partial charge in [-0.1, -0.05) is 23.2 Å². The first-order valence-electron chi connectivity index (χ1n) is 7.32. The molecular weight excluding hydrogens is 345 g/mol. The maximum absolute atomic E-state index is 12.7. The lowest BCUT2D eigenvalue weighted by atomic mass is 10.2. The molecule has 1 aromatic heterocycles. The highest BCUT2D eigenvalue weighted by atomic mass is 35.5. The molecule has 0 radical (unpaired) electrons. The Hall–Kier alpha value is -2.30. The molecule has 0 fully saturated rings. The van der Waals surface area contributed by atoms with E-state index in [1.54, 1.807) is 59.1 Å². The van der Waals surface area contributed by atoms with Crippen LogP contribution in [0.4, 0.5) is 5.69 Å². The van der Waals surface area contributed by atoms with E-state index in [-0.39, 0.29) is 5.91 Å². The van der Waals surface area contributed by atoms with Crippen LogP contribution >= 0.6 is 23.2 Å². The Morgan fingerprint density at radius 1 is 1.00 bits per heavy atom. The van der Waals surface area contributed by atoms with Gasteiger partial charge in [-0.25, -0.2) is 4.68 Å². The molecule has 0 spiro atoms. The van der Waals surface area contributed by atoms with E-state index < -0.39 is 0 Å². The Balaban J connectivity index is 1.89. The number of rotatable bonds is 3. The lowest BCUT2D eigenvalue weighted by molar-refractivity contribution is 0.0988. The lowest BCUT2D eigenvalue weighted by Gasteiger charge is -2.15. The minimum absolute atomic E-state index is 0.187. The van der Waals surface area contributed by atoms with Gasteiger partial charge in [-0.05, 0) is 61.5 Å². The average molecular weight is 360 g/mol. The van der Waals surface area contributed by atoms with Crippen LogP contribution in [0.25, 0.3) is 5.69 Å². The summed E-state index contributed by atoms with van der Waals surface area (Å²) in [6.07, 6.45) is 0. The minimum Gasteiger partial charge on any atom is -0.310 e. The molecule has 0 aliphatic heterocycles. The van der Waals surface area contributed by atoms with Crippen LogP contribution in [-0.4, -0.2) is 22.7 Å². The van der Waals surface area contributed by atoms with Crippen LogP contribution < -0.4 is 4.90 Å². The number of hydrogen-bond donors (Lipinski definition) is 0. The molecule has 3 aromatic rings. The first-order valence-corrected chi connectivity index (χ1v) is 8.07. The Bertz CT molecular complexity index is 870. The quantitative estimate of drug-likeness (QED) is 0.675. The fraction of sp³-hybridized carbons (Fsp3) is 0.111. The van der Waals surface area contributed by atoms with E-state index in [4.69, 9.17) is 23.2 Å². The number of benzene rings is 2. The van der Waals surface area contributed by atoms with Gasteiger partial charge in [0.2, 0.25) is 0 Å². The van der Waals surface area contributed by atoms with Crippen molar-refractivity contribution >= 4 is 34.8 Å². The van der Waals surface area contributed by atoms with Crippen molar-refractivity contribution in [1.29, 1.82) is 0 Å². The monoisotopic (exact) mass is 359 g/mol. The second-order valence-corrected chi connectivity index (χ2v) is 6.27. The predicted molar refractivity (Wildman–Crippen MR) is 97.5 cm³/mol. The summed E-state index contributed by atoms with van der Waals surface area (Å²) in [5.74, 6) is -0.187. The van der Waals surface area contributed by atoms with E-state index in [1.165, 1.54) is 0 Å². The van der Waals surface area contributed by atoms with Gasteiger partial charge in [0.15, 0.2) is 5.69 Å². The standard InChI is InChI=1S/C18H15Cl2N3O/c1-12-11-17(21-23(12)16-9-5-14(20)6-10-16)18(24)22(2)15-7-3-13(19)4-8-15/h3-11H,1-2H3. The number of halogens is 2. The minimum atomic E-state index is -0.187. The molecule has 3 rings (SSSR count). The lowest BCUT2D eigenvalue weighted by Crippen LogP contribution is -2.26. The van der Waals surface area contributed by atoms with Crippen LogP contribution in [-0.2, 0) is 0 Å². The van der Waals surface area contributed by atoms with Gasteiger partial charge in [-0.15, -0.1) is 0 Å². The molecule has 2 aromatic carbocycles. The van der Waals surface area contributed by atoms with Gasteiger partial charge in [0.1, 0.15) is 0 Å². The topological polar surface area (TPSA) is 38.1 Å². The van der Waals surface area contributed by atoms with Crippen LogP contribution in [0.2, 0.25) is 10.0 Å². The summed E-state index contributed by atoms with van der Waals surface area (Å²) in [6, 6.07) is 16.2. The molecule has 0 bridgehead atoms. The summed E-state index contributed by atoms with van der Waals surface area (Å²) in [6.45, 7) is 1.90. The molecule has 0 unspecified atom stereocenters. The molecule has 0 saturated heterocycles. The Morgan fingerprint density at radius 3 is 2.12 bits per heavy atom. The van der Waals surface area contributed by atoms with Crippen molar-refractivity contribution in [3.8, 4) is 5.69 Å². The van der Waals surface area contributed by atoms with Crippen molar-refractivity contribution in [1.82, 2.24) is 9.78 Å². The molecular formula is C18H15Cl2N3O. The fourth-order valence-corrected chi connectivity index (χ4v) is 2.63. The molecule has 0 aliphatic rings. The molecule has 4 nitrogen and oxygen atoms in total. The highest BCUT2D eigenvalue weighted by molar-refractivity contribution is 6.30. The Morgan fingerprint density at radius 2 is 1.54 bits per heavy atom. The Labute approximate surface area is 150 Å². The first-order chi connectivity index (χ1) is 11.5. The van der Waals surface area contributed by atoms with Crippen LogP contribution in [0, 0.1) is 6.92 Å². The summed E-state index contributed by atoms with van der Waals surface area (Å²) in [5.41, 5.74) is 2.85. The zero-order valence-electron chi connectivity index (χ0n) is 13.2. The number of carbonyl (C=O) groups excluding carboxylic acids is 1. The molecule has 24 heavy (non-hydrogen) atoms. The van der Waals surface area contributed by atoms with Gasteiger partial charge < -0.3 is 4.90 Å². The number of carbonyl (C=O) groups is 1. The van der Waals surface area contributed by atoms with Crippen molar-refractivity contribution < 1.29 is 4.79 Å². The third-order valence-electron chi connectivity index (χ3n) is 3.70. The van der Waals surface area contributed by atoms with Crippen molar-refractivity contribution in [2.75, 3.05) is 11.9 Å². The smallest absolute Gasteiger partial charge is 0.278 e. The second kappa shape index (κ2) is 6.67. The highest BCUT2D eigenvalue weighted by Crippen LogP contribution is 2.20. The number of hydrogen-bond acceptors (Lipinski definition) is 2. The van der Waals surface area contributed by atoms with Gasteiger partial charge in [-0.3, -0.25) is 4.79 Å². The van der Waals surface area contributed by atoms with Gasteiger partial charge in [0.25, 0.3) is 5.91 Å². The van der Waals surface area contributed by atoms with Crippen molar-refractivity contribution in [2.45, 2.75) is 6.92 Å². The third kappa shape index (κ3) is 3.30. The molecule has 0 saturated carbocycles. The largest absolute Gasteiger partial charge is 0.310 e. The molecule has 1 heterocycles. The fourth-order valence-electron chi connectivity index (χ4n) is 2.38. The van der Waals surface area contributed by atoms with Crippen molar-refractivity contribution in [3.63, 3.8) is 0 Å². The summed E-state index contributed by atoms with van der Waals surface area (Å²) >= 11 is 11.8. The molecule has 122 valence electrons. The zero-order valence-corrected chi connectivity index (χ0v) is 14.7. The summed E-state index contributed by atoms with van der Waals surface area (Å²) in [7, 11) is 1.71. The number of aromatic nitrogens is 2. The second-order valence-electron chi connectivity index (χ2n) is 5.40. The SMILES string of the molecule is Cc1cc(C(=O)N(C)c2ccc(Cl)cc2)nn1-c1ccc(Cl)cc1. The van der Waals surface area contributed by atoms with Gasteiger partial charge >= 0.3 is 0 Å². The van der Waals surface area contributed by atoms with Crippen LogP contribution in [0.15, 0.2) is 54.6 Å². The first kappa shape index (κ1) is 16.6. The maximum atomic E-state index is 12.7. The highest BCUT2D eigenvalue weighted by Gasteiger charge is 2.18. The molecule has 0 N–H and O–H groups in total. The van der Waals surface area contributed by atoms with E-state index in [2.05, 4.69) is 5.10 Å². The van der Waals surface area contributed by atoms with Gasteiger partial charge in [-0.2, -0.15) is 5.10 Å². The van der Waals surface area contributed by atoms with Crippen molar-refractivity contribution in [2.24, 2.45) is 0 Å². The maximum Gasteiger partial charge on any atom is 0.278 e. The van der Waals surface area contributed by atoms with E-state index in [0.717, 1.165) is 17.1 Å². The third-order valence-corrected chi connectivity index (χ3v) is 4.20. The zero-order chi connectivity index (χ0) is 17.3. The summed E-state index contributed by atoms with van der Waals surface area (Å²) in [5, 5.41) is 5.71. The van der Waals surface area contributed by atoms with E-state index in [1.807, 2.05) is 19.1 Å². The summed E-state index contributed by atoms with van der Waals surface area (Å²) in [4.78, 5) is 14.2. The van der Waals surface area contributed by atoms with Gasteiger partial charge in [0, 0.05) is 28.5 Å². The number of amides is 1. The average Bonchev–Trinajstić information content (AvgIpc) is 2.97. The number of anilines is 1. The van der Waals surface area contributed by atoms with E-state index in [9.17, 15) is 4.79 Å². The van der Waals surface area contributed by atoms with Crippen LogP contribution in [0.1, 0.15) is 16.2 Å². The predicted octanol–water partition coefficient (Wildman–Crippen LogP) is 4.76. The Kier molecular flexibility index (Phi) is 4.60. The van der Waals surface area contributed by atoms with Crippen molar-refractivity contribution in [3.05, 3.63) is 76.0 Å². The van der Waals surface area contributed by atoms with Crippen LogP contribution in [0.5, 0.6) is 0 Å². The molecule has 0 atom stereocenters. The molecule has 0 aliphatic carbocycles. The summed E-state index contributed by atoms with van der Waals surface area (Å²) < 4.78 is 1.72. The van der Waals surface area contributed by atoms with E-state index >= 15 is 0 Å². The number of aryl methyl sites for hydroxylation is 1. The molecule has 6 heteroatoms.